The summed E-state index contributed by atoms with van der Waals surface area (Å²) >= 11 is 6.76. The minimum absolute atomic E-state index is 0.252. The minimum Gasteiger partial charge on any atom is -0.486 e. The lowest BCUT2D eigenvalue weighted by Gasteiger charge is -2.10. The first-order valence-electron chi connectivity index (χ1n) is 6.66. The molecule has 2 aromatic rings. The van der Waals surface area contributed by atoms with E-state index in [4.69, 9.17) is 4.74 Å². The van der Waals surface area contributed by atoms with Gasteiger partial charge in [-0.05, 0) is 36.4 Å². The fourth-order valence-corrected chi connectivity index (χ4v) is 2.71. The van der Waals surface area contributed by atoms with Gasteiger partial charge in [0, 0.05) is 21.1 Å². The van der Waals surface area contributed by atoms with E-state index < -0.39 is 0 Å². The van der Waals surface area contributed by atoms with E-state index in [0.29, 0.717) is 11.1 Å². The van der Waals surface area contributed by atoms with Gasteiger partial charge in [-0.1, -0.05) is 50.9 Å². The molecule has 21 heavy (non-hydrogen) atoms. The van der Waals surface area contributed by atoms with Crippen molar-refractivity contribution in [2.24, 2.45) is 0 Å². The van der Waals surface area contributed by atoms with Gasteiger partial charge in [-0.25, -0.2) is 4.39 Å². The fraction of sp³-hybridized carbons (Fsp3) is 0.250. The summed E-state index contributed by atoms with van der Waals surface area (Å²) in [6.07, 6.45) is 0. The molecule has 112 valence electrons. The maximum atomic E-state index is 13.7. The van der Waals surface area contributed by atoms with Crippen molar-refractivity contribution in [3.63, 3.8) is 0 Å². The maximum absolute atomic E-state index is 13.7. The Hall–Kier alpha value is -0.910. The van der Waals surface area contributed by atoms with E-state index >= 15 is 0 Å². The number of hydrogen-bond acceptors (Lipinski definition) is 2. The summed E-state index contributed by atoms with van der Waals surface area (Å²) in [5.74, 6) is -0.119. The van der Waals surface area contributed by atoms with Gasteiger partial charge in [0.25, 0.3) is 0 Å². The van der Waals surface area contributed by atoms with Crippen LogP contribution in [-0.2, 0) is 13.2 Å². The molecule has 0 saturated heterocycles. The lowest BCUT2D eigenvalue weighted by Crippen LogP contribution is -2.11. The number of ether oxygens (including phenoxy) is 1. The number of rotatable bonds is 6. The Kier molecular flexibility index (Phi) is 6.21. The highest BCUT2D eigenvalue weighted by atomic mass is 79.9. The highest BCUT2D eigenvalue weighted by Crippen LogP contribution is 2.24. The molecule has 0 aliphatic heterocycles. The molecule has 0 unspecified atom stereocenters. The van der Waals surface area contributed by atoms with Crippen molar-refractivity contribution in [3.05, 3.63) is 62.3 Å². The highest BCUT2D eigenvalue weighted by Gasteiger charge is 2.07. The van der Waals surface area contributed by atoms with Crippen LogP contribution in [0, 0.1) is 5.82 Å². The Morgan fingerprint density at radius 1 is 1.14 bits per heavy atom. The third-order valence-electron chi connectivity index (χ3n) is 2.97. The normalized spacial score (nSPS) is 10.7. The van der Waals surface area contributed by atoms with Crippen LogP contribution in [0.5, 0.6) is 5.75 Å². The van der Waals surface area contributed by atoms with Crippen LogP contribution < -0.4 is 10.1 Å². The van der Waals surface area contributed by atoms with Crippen molar-refractivity contribution in [3.8, 4) is 5.75 Å². The third-order valence-corrected chi connectivity index (χ3v) is 4.21. The molecule has 5 heteroatoms. The first kappa shape index (κ1) is 16.5. The van der Waals surface area contributed by atoms with E-state index in [9.17, 15) is 4.39 Å². The molecule has 2 rings (SSSR count). The summed E-state index contributed by atoms with van der Waals surface area (Å²) in [4.78, 5) is 0. The van der Waals surface area contributed by atoms with Gasteiger partial charge in [0.1, 0.15) is 6.61 Å². The summed E-state index contributed by atoms with van der Waals surface area (Å²) in [6.45, 7) is 4.16. The second-order valence-electron chi connectivity index (χ2n) is 4.57. The molecule has 0 aliphatic carbocycles. The molecule has 0 aromatic heterocycles. The lowest BCUT2D eigenvalue weighted by molar-refractivity contribution is 0.289. The monoisotopic (exact) mass is 415 g/mol. The Bertz CT molecular complexity index is 619. The molecule has 0 heterocycles. The topological polar surface area (TPSA) is 21.3 Å². The molecule has 2 aromatic carbocycles. The molecule has 0 fully saturated rings. The van der Waals surface area contributed by atoms with Crippen molar-refractivity contribution < 1.29 is 9.13 Å². The van der Waals surface area contributed by atoms with Crippen LogP contribution >= 0.6 is 31.9 Å². The third kappa shape index (κ3) is 4.80. The smallest absolute Gasteiger partial charge is 0.166 e. The van der Waals surface area contributed by atoms with E-state index in [1.807, 2.05) is 12.1 Å². The van der Waals surface area contributed by atoms with Crippen LogP contribution in [0.3, 0.4) is 0 Å². The number of nitrogens with one attached hydrogen (secondary N) is 1. The SMILES string of the molecule is CCNCc1ccc(COc2ccc(Br)cc2F)c(Br)c1. The quantitative estimate of drug-likeness (QED) is 0.712. The van der Waals surface area contributed by atoms with Gasteiger partial charge in [-0.3, -0.25) is 0 Å². The van der Waals surface area contributed by atoms with Crippen molar-refractivity contribution in [1.82, 2.24) is 5.32 Å². The maximum Gasteiger partial charge on any atom is 0.166 e. The van der Waals surface area contributed by atoms with Crippen LogP contribution in [0.2, 0.25) is 0 Å². The summed E-state index contributed by atoms with van der Waals surface area (Å²) < 4.78 is 20.9. The van der Waals surface area contributed by atoms with Crippen LogP contribution in [0.15, 0.2) is 45.3 Å². The van der Waals surface area contributed by atoms with Crippen molar-refractivity contribution in [2.75, 3.05) is 6.54 Å². The molecule has 0 saturated carbocycles. The highest BCUT2D eigenvalue weighted by molar-refractivity contribution is 9.10. The molecule has 0 spiro atoms. The number of hydrogen-bond donors (Lipinski definition) is 1. The zero-order valence-corrected chi connectivity index (χ0v) is 14.8. The number of halogens is 3. The van der Waals surface area contributed by atoms with Gasteiger partial charge in [0.05, 0.1) is 0 Å². The summed E-state index contributed by atoms with van der Waals surface area (Å²) in [6, 6.07) is 10.9. The van der Waals surface area contributed by atoms with Crippen LogP contribution in [0.4, 0.5) is 4.39 Å². The van der Waals surface area contributed by atoms with Gasteiger partial charge in [0.2, 0.25) is 0 Å². The average molecular weight is 417 g/mol. The van der Waals surface area contributed by atoms with Crippen LogP contribution in [0.25, 0.3) is 0 Å². The van der Waals surface area contributed by atoms with Crippen molar-refractivity contribution in [2.45, 2.75) is 20.1 Å². The predicted octanol–water partition coefficient (Wildman–Crippen LogP) is 5.04. The largest absolute Gasteiger partial charge is 0.486 e. The van der Waals surface area contributed by atoms with E-state index in [1.54, 1.807) is 12.1 Å². The second-order valence-corrected chi connectivity index (χ2v) is 6.34. The molecule has 0 radical (unpaired) electrons. The van der Waals surface area contributed by atoms with Crippen LogP contribution in [0.1, 0.15) is 18.1 Å². The Morgan fingerprint density at radius 2 is 1.95 bits per heavy atom. The Morgan fingerprint density at radius 3 is 2.62 bits per heavy atom. The van der Waals surface area contributed by atoms with Gasteiger partial charge < -0.3 is 10.1 Å². The summed E-state index contributed by atoms with van der Waals surface area (Å²) in [5, 5.41) is 3.28. The average Bonchev–Trinajstić information content (AvgIpc) is 2.45. The molecular weight excluding hydrogens is 401 g/mol. The van der Waals surface area contributed by atoms with E-state index in [0.717, 1.165) is 23.1 Å². The zero-order chi connectivity index (χ0) is 15.2. The van der Waals surface area contributed by atoms with E-state index in [1.165, 1.54) is 11.6 Å². The van der Waals surface area contributed by atoms with Crippen molar-refractivity contribution >= 4 is 31.9 Å². The molecule has 1 N–H and O–H groups in total. The van der Waals surface area contributed by atoms with Gasteiger partial charge in [-0.2, -0.15) is 0 Å². The van der Waals surface area contributed by atoms with Crippen LogP contribution in [-0.4, -0.2) is 6.54 Å². The molecule has 0 aliphatic rings. The standard InChI is InChI=1S/C16H16Br2FNO/c1-2-20-9-11-3-4-12(14(18)7-11)10-21-16-6-5-13(17)8-15(16)19/h3-8,20H,2,9-10H2,1H3. The second kappa shape index (κ2) is 7.92. The van der Waals surface area contributed by atoms with Gasteiger partial charge >= 0.3 is 0 Å². The fourth-order valence-electron chi connectivity index (χ4n) is 1.83. The number of benzene rings is 2. The lowest BCUT2D eigenvalue weighted by atomic mass is 10.1. The van der Waals surface area contributed by atoms with E-state index in [-0.39, 0.29) is 11.6 Å². The van der Waals surface area contributed by atoms with Crippen molar-refractivity contribution in [1.29, 1.82) is 0 Å². The zero-order valence-electron chi connectivity index (χ0n) is 11.6. The summed E-state index contributed by atoms with van der Waals surface area (Å²) in [7, 11) is 0. The Labute approximate surface area is 141 Å². The molecule has 2 nitrogen and oxygen atoms in total. The molecular formula is C16H16Br2FNO. The Balaban J connectivity index is 2.02. The minimum atomic E-state index is -0.371. The molecule has 0 amide bonds. The first-order chi connectivity index (χ1) is 10.1. The summed E-state index contributed by atoms with van der Waals surface area (Å²) in [5.41, 5.74) is 2.18. The molecule has 0 bridgehead atoms. The first-order valence-corrected chi connectivity index (χ1v) is 8.24. The van der Waals surface area contributed by atoms with Gasteiger partial charge in [-0.15, -0.1) is 0 Å². The van der Waals surface area contributed by atoms with E-state index in [2.05, 4.69) is 50.2 Å². The van der Waals surface area contributed by atoms with Gasteiger partial charge in [0.15, 0.2) is 11.6 Å². The molecule has 0 atom stereocenters. The predicted molar refractivity (Wildman–Crippen MR) is 90.0 cm³/mol.